The molecule has 0 aliphatic heterocycles. The SMILES string of the molecule is CCCCCc1ccc(-c2cc3ccc(OCCC(F)(F)OC(F)(F)OC(F)(F)CCOC(=O)C(C)(CC(C)(C)N)C(C)(C)N)cc3oc2=O)c(CC)c1. The molecule has 0 bridgehead atoms. The highest BCUT2D eigenvalue weighted by atomic mass is 19.3. The topological polar surface area (TPSA) is 136 Å². The summed E-state index contributed by atoms with van der Waals surface area (Å²) in [6, 6.07) is 11.8. The summed E-state index contributed by atoms with van der Waals surface area (Å²) in [6.07, 6.45) is -13.1. The molecular weight excluding hydrogens is 722 g/mol. The van der Waals surface area contributed by atoms with E-state index < -0.39 is 72.7 Å². The van der Waals surface area contributed by atoms with E-state index >= 15 is 0 Å². The number of alkyl halides is 6. The molecule has 0 saturated carbocycles. The molecule has 0 radical (unpaired) electrons. The smallest absolute Gasteiger partial charge is 0.493 e. The molecule has 1 atom stereocenters. The van der Waals surface area contributed by atoms with Crippen LogP contribution in [-0.2, 0) is 31.8 Å². The number of rotatable bonds is 21. The monoisotopic (exact) mass is 774 g/mol. The quantitative estimate of drug-likeness (QED) is 0.0357. The Balaban J connectivity index is 1.58. The summed E-state index contributed by atoms with van der Waals surface area (Å²) in [4.78, 5) is 25.8. The summed E-state index contributed by atoms with van der Waals surface area (Å²) in [5.74, 6) is -1.05. The van der Waals surface area contributed by atoms with Gasteiger partial charge in [-0.15, -0.1) is 8.78 Å². The first-order chi connectivity index (χ1) is 24.8. The molecule has 2 aromatic carbocycles. The fraction of sp³-hybridized carbons (Fsp3) is 0.590. The Kier molecular flexibility index (Phi) is 14.4. The number of nitrogens with two attached hydrogens (primary N) is 2. The van der Waals surface area contributed by atoms with E-state index in [-0.39, 0.29) is 17.8 Å². The van der Waals surface area contributed by atoms with Crippen molar-refractivity contribution in [2.24, 2.45) is 16.9 Å². The summed E-state index contributed by atoms with van der Waals surface area (Å²) in [5, 5.41) is 0.518. The number of unbranched alkanes of at least 4 members (excludes halogenated alkanes) is 2. The van der Waals surface area contributed by atoms with Gasteiger partial charge in [-0.1, -0.05) is 44.9 Å². The maximum atomic E-state index is 14.4. The van der Waals surface area contributed by atoms with Crippen molar-refractivity contribution in [2.75, 3.05) is 13.2 Å². The van der Waals surface area contributed by atoms with Crippen molar-refractivity contribution in [2.45, 2.75) is 129 Å². The number of ether oxygens (including phenoxy) is 4. The molecular formula is C39H52F6N2O7. The first kappa shape index (κ1) is 44.7. The van der Waals surface area contributed by atoms with Crippen molar-refractivity contribution < 1.29 is 54.5 Å². The fourth-order valence-corrected chi connectivity index (χ4v) is 5.96. The first-order valence-electron chi connectivity index (χ1n) is 17.9. The molecule has 15 heteroatoms. The van der Waals surface area contributed by atoms with E-state index in [1.165, 1.54) is 44.5 Å². The Morgan fingerprint density at radius 1 is 0.796 bits per heavy atom. The Labute approximate surface area is 311 Å². The summed E-state index contributed by atoms with van der Waals surface area (Å²) in [7, 11) is 0. The first-order valence-corrected chi connectivity index (χ1v) is 17.9. The number of hydrogen-bond acceptors (Lipinski definition) is 9. The van der Waals surface area contributed by atoms with E-state index in [1.807, 2.05) is 19.1 Å². The van der Waals surface area contributed by atoms with Crippen LogP contribution in [0.25, 0.3) is 22.1 Å². The highest BCUT2D eigenvalue weighted by Crippen LogP contribution is 2.39. The van der Waals surface area contributed by atoms with Crippen LogP contribution in [0.15, 0.2) is 51.7 Å². The molecule has 0 aliphatic rings. The molecule has 1 heterocycles. The lowest BCUT2D eigenvalue weighted by atomic mass is 9.67. The lowest BCUT2D eigenvalue weighted by Gasteiger charge is -2.42. The van der Waals surface area contributed by atoms with Gasteiger partial charge in [-0.3, -0.25) is 4.79 Å². The zero-order valence-corrected chi connectivity index (χ0v) is 31.9. The van der Waals surface area contributed by atoms with Crippen LogP contribution in [0.3, 0.4) is 0 Å². The molecule has 4 N–H and O–H groups in total. The molecule has 1 unspecified atom stereocenters. The number of carbonyl (C=O) groups is 1. The van der Waals surface area contributed by atoms with Crippen LogP contribution in [0.5, 0.6) is 5.75 Å². The van der Waals surface area contributed by atoms with Gasteiger partial charge in [0.1, 0.15) is 11.3 Å². The van der Waals surface area contributed by atoms with Crippen molar-refractivity contribution in [1.29, 1.82) is 0 Å². The van der Waals surface area contributed by atoms with Crippen LogP contribution < -0.4 is 21.8 Å². The summed E-state index contributed by atoms with van der Waals surface area (Å²) in [5.41, 5.74) is 11.3. The number of benzene rings is 2. The number of esters is 1. The average Bonchev–Trinajstić information content (AvgIpc) is 3.01. The van der Waals surface area contributed by atoms with Crippen molar-refractivity contribution in [3.05, 3.63) is 64.0 Å². The van der Waals surface area contributed by atoms with Gasteiger partial charge in [0, 0.05) is 22.5 Å². The largest absolute Gasteiger partial charge is 0.494 e. The molecule has 3 aromatic rings. The molecule has 302 valence electrons. The Bertz CT molecular complexity index is 1790. The van der Waals surface area contributed by atoms with E-state index in [4.69, 9.17) is 25.4 Å². The van der Waals surface area contributed by atoms with Gasteiger partial charge in [-0.05, 0) is 95.2 Å². The van der Waals surface area contributed by atoms with Crippen molar-refractivity contribution in [3.8, 4) is 16.9 Å². The molecule has 0 aliphatic carbocycles. The number of aryl methyl sites for hydroxylation is 2. The maximum absolute atomic E-state index is 14.4. The van der Waals surface area contributed by atoms with E-state index in [0.717, 1.165) is 36.8 Å². The standard InChI is InChI=1S/C39H52F6N2O7/c1-8-10-11-12-25-13-16-29(26(9-2)21-25)30-22-27-14-15-28(23-31(27)52-32(30)48)50-19-17-37(40,41)53-39(44,45)54-38(42,43)18-20-51-33(49)36(7,35(5,6)47)24-34(3,4)46/h13-16,21-23H,8-12,17-20,24,46-47H2,1-7H3. The second kappa shape index (κ2) is 17.4. The van der Waals surface area contributed by atoms with Gasteiger partial charge in [0.25, 0.3) is 0 Å². The Morgan fingerprint density at radius 2 is 1.43 bits per heavy atom. The Hall–Kier alpha value is -3.66. The van der Waals surface area contributed by atoms with Gasteiger partial charge in [0.15, 0.2) is 0 Å². The predicted molar refractivity (Wildman–Crippen MR) is 192 cm³/mol. The van der Waals surface area contributed by atoms with E-state index in [0.29, 0.717) is 17.4 Å². The molecule has 9 nitrogen and oxygen atoms in total. The molecule has 0 fully saturated rings. The molecule has 0 spiro atoms. The van der Waals surface area contributed by atoms with E-state index in [2.05, 4.69) is 22.5 Å². The van der Waals surface area contributed by atoms with Gasteiger partial charge in [0.2, 0.25) is 0 Å². The molecule has 0 saturated heterocycles. The van der Waals surface area contributed by atoms with Crippen LogP contribution in [0.2, 0.25) is 0 Å². The lowest BCUT2D eigenvalue weighted by Crippen LogP contribution is -2.58. The second-order valence-electron chi connectivity index (χ2n) is 15.1. The van der Waals surface area contributed by atoms with Crippen molar-refractivity contribution in [1.82, 2.24) is 0 Å². The third-order valence-electron chi connectivity index (χ3n) is 9.12. The molecule has 1 aromatic heterocycles. The van der Waals surface area contributed by atoms with Crippen LogP contribution in [0.1, 0.15) is 98.1 Å². The van der Waals surface area contributed by atoms with E-state index in [9.17, 15) is 35.9 Å². The van der Waals surface area contributed by atoms with Gasteiger partial charge in [-0.2, -0.15) is 17.6 Å². The summed E-state index contributed by atoms with van der Waals surface area (Å²) >= 11 is 0. The van der Waals surface area contributed by atoms with Gasteiger partial charge in [0.05, 0.1) is 37.0 Å². The number of fused-ring (bicyclic) bond motifs is 1. The molecule has 3 rings (SSSR count). The third kappa shape index (κ3) is 12.7. The predicted octanol–water partition coefficient (Wildman–Crippen LogP) is 9.10. The van der Waals surface area contributed by atoms with Crippen LogP contribution in [0.4, 0.5) is 26.3 Å². The normalized spacial score (nSPS) is 14.3. The zero-order valence-electron chi connectivity index (χ0n) is 31.9. The lowest BCUT2D eigenvalue weighted by molar-refractivity contribution is -0.514. The molecule has 54 heavy (non-hydrogen) atoms. The summed E-state index contributed by atoms with van der Waals surface area (Å²) < 4.78 is 108. The summed E-state index contributed by atoms with van der Waals surface area (Å²) in [6.45, 7) is 9.80. The van der Waals surface area contributed by atoms with Crippen molar-refractivity contribution in [3.63, 3.8) is 0 Å². The highest BCUT2D eigenvalue weighted by molar-refractivity contribution is 5.83. The fourth-order valence-electron chi connectivity index (χ4n) is 5.96. The third-order valence-corrected chi connectivity index (χ3v) is 9.12. The minimum Gasteiger partial charge on any atom is -0.493 e. The number of hydrogen-bond donors (Lipinski definition) is 2. The van der Waals surface area contributed by atoms with Crippen LogP contribution >= 0.6 is 0 Å². The van der Waals surface area contributed by atoms with E-state index in [1.54, 1.807) is 19.9 Å². The van der Waals surface area contributed by atoms with Crippen LogP contribution in [-0.4, -0.2) is 48.8 Å². The number of carbonyl (C=O) groups excluding carboxylic acids is 1. The van der Waals surface area contributed by atoms with Crippen molar-refractivity contribution >= 4 is 16.9 Å². The van der Waals surface area contributed by atoms with Gasteiger partial charge < -0.3 is 25.4 Å². The van der Waals surface area contributed by atoms with Gasteiger partial charge in [-0.25, -0.2) is 14.3 Å². The minimum atomic E-state index is -5.45. The second-order valence-corrected chi connectivity index (χ2v) is 15.1. The average molecular weight is 775 g/mol. The zero-order chi connectivity index (χ0) is 40.8. The van der Waals surface area contributed by atoms with Gasteiger partial charge >= 0.3 is 30.1 Å². The Morgan fingerprint density at radius 3 is 2.00 bits per heavy atom. The molecule has 0 amide bonds. The maximum Gasteiger partial charge on any atom is 0.494 e. The number of halogens is 6. The van der Waals surface area contributed by atoms with Crippen LogP contribution in [0, 0.1) is 5.41 Å². The minimum absolute atomic E-state index is 0.00734. The highest BCUT2D eigenvalue weighted by Gasteiger charge is 2.53.